The molecular weight excluding hydrogens is 388 g/mol. The van der Waals surface area contributed by atoms with Crippen LogP contribution in [0.1, 0.15) is 56.9 Å². The zero-order valence-electron chi connectivity index (χ0n) is 18.2. The molecule has 32 heavy (non-hydrogen) atoms. The van der Waals surface area contributed by atoms with Gasteiger partial charge in [-0.2, -0.15) is 0 Å². The number of ketones is 1. The number of aryl methyl sites for hydroxylation is 1. The van der Waals surface area contributed by atoms with Crippen molar-refractivity contribution in [2.75, 3.05) is 0 Å². The van der Waals surface area contributed by atoms with Crippen LogP contribution in [0.5, 0.6) is 0 Å². The zero-order chi connectivity index (χ0) is 21.9. The molecule has 0 heterocycles. The molecule has 0 spiro atoms. The quantitative estimate of drug-likeness (QED) is 0.310. The summed E-state index contributed by atoms with van der Waals surface area (Å²) in [6, 6.07) is 37.4. The van der Waals surface area contributed by atoms with Gasteiger partial charge in [-0.3, -0.25) is 4.79 Å². The minimum Gasteiger partial charge on any atom is -0.293 e. The van der Waals surface area contributed by atoms with Gasteiger partial charge in [0.1, 0.15) is 0 Å². The molecule has 1 nitrogen and oxygen atoms in total. The highest BCUT2D eigenvalue weighted by Gasteiger charge is 2.36. The van der Waals surface area contributed by atoms with Gasteiger partial charge in [0.2, 0.25) is 0 Å². The van der Waals surface area contributed by atoms with Gasteiger partial charge in [-0.05, 0) is 39.8 Å². The molecule has 1 heteroatoms. The van der Waals surface area contributed by atoms with Gasteiger partial charge in [-0.25, -0.2) is 0 Å². The molecule has 0 amide bonds. The Morgan fingerprint density at radius 2 is 1.34 bits per heavy atom. The van der Waals surface area contributed by atoms with E-state index < -0.39 is 0 Å². The van der Waals surface area contributed by atoms with E-state index in [0.29, 0.717) is 0 Å². The summed E-state index contributed by atoms with van der Waals surface area (Å²) < 4.78 is 0. The van der Waals surface area contributed by atoms with Crippen LogP contribution in [0.4, 0.5) is 0 Å². The molecule has 1 aliphatic carbocycles. The molecule has 5 rings (SSSR count). The topological polar surface area (TPSA) is 17.1 Å². The minimum atomic E-state index is -0.255. The monoisotopic (exact) mass is 414 g/mol. The Labute approximate surface area is 190 Å². The molecule has 0 bridgehead atoms. The van der Waals surface area contributed by atoms with Gasteiger partial charge in [-0.15, -0.1) is 0 Å². The van der Waals surface area contributed by atoms with Gasteiger partial charge < -0.3 is 0 Å². The second kappa shape index (κ2) is 8.80. The van der Waals surface area contributed by atoms with Crippen molar-refractivity contribution in [3.63, 3.8) is 0 Å². The van der Waals surface area contributed by atoms with Crippen LogP contribution in [-0.2, 0) is 6.42 Å². The number of hydrogen-bond donors (Lipinski definition) is 0. The van der Waals surface area contributed by atoms with E-state index in [2.05, 4.69) is 85.8 Å². The van der Waals surface area contributed by atoms with E-state index in [1.807, 2.05) is 36.4 Å². The summed E-state index contributed by atoms with van der Waals surface area (Å²) in [7, 11) is 0. The van der Waals surface area contributed by atoms with Crippen molar-refractivity contribution in [2.45, 2.75) is 25.2 Å². The maximum absolute atomic E-state index is 13.8. The van der Waals surface area contributed by atoms with Gasteiger partial charge in [0, 0.05) is 11.5 Å². The molecule has 0 aliphatic heterocycles. The first-order chi connectivity index (χ1) is 15.8. The molecule has 2 atom stereocenters. The minimum absolute atomic E-state index is 0.0281. The third-order valence-corrected chi connectivity index (χ3v) is 6.49. The lowest BCUT2D eigenvalue weighted by molar-refractivity contribution is 0.0952. The van der Waals surface area contributed by atoms with Crippen LogP contribution in [0.3, 0.4) is 0 Å². The SMILES string of the molecule is CCc1ccc(C2=C[C@@H](c3ccccc3)[C@H](C(=O)c3ccccc3)c3ccccc32)cc1. The second-order valence-corrected chi connectivity index (χ2v) is 8.36. The van der Waals surface area contributed by atoms with E-state index in [1.54, 1.807) is 0 Å². The summed E-state index contributed by atoms with van der Waals surface area (Å²) in [5, 5.41) is 0. The molecule has 4 aromatic rings. The van der Waals surface area contributed by atoms with Crippen molar-refractivity contribution >= 4 is 11.4 Å². The van der Waals surface area contributed by atoms with Crippen molar-refractivity contribution in [1.82, 2.24) is 0 Å². The third kappa shape index (κ3) is 3.71. The number of allylic oxidation sites excluding steroid dienone is 1. The van der Waals surface area contributed by atoms with E-state index in [1.165, 1.54) is 22.3 Å². The Hall–Kier alpha value is -3.71. The van der Waals surface area contributed by atoms with Crippen LogP contribution in [0.25, 0.3) is 5.57 Å². The number of Topliss-reactive ketones (excluding diaryl/α,β-unsaturated/α-hetero) is 1. The summed E-state index contributed by atoms with van der Waals surface area (Å²) in [5.74, 6) is -0.113. The molecule has 0 aromatic heterocycles. The lowest BCUT2D eigenvalue weighted by Gasteiger charge is -2.32. The van der Waals surface area contributed by atoms with E-state index in [0.717, 1.165) is 23.1 Å². The predicted octanol–water partition coefficient (Wildman–Crippen LogP) is 7.44. The van der Waals surface area contributed by atoms with E-state index in [4.69, 9.17) is 0 Å². The summed E-state index contributed by atoms with van der Waals surface area (Å²) in [6.07, 6.45) is 3.33. The van der Waals surface area contributed by atoms with Gasteiger partial charge in [0.25, 0.3) is 0 Å². The molecule has 156 valence electrons. The maximum atomic E-state index is 13.8. The normalized spacial score (nSPS) is 17.3. The van der Waals surface area contributed by atoms with Crippen LogP contribution in [-0.4, -0.2) is 5.78 Å². The maximum Gasteiger partial charge on any atom is 0.171 e. The summed E-state index contributed by atoms with van der Waals surface area (Å²) in [4.78, 5) is 13.8. The number of carbonyl (C=O) groups excluding carboxylic acids is 1. The van der Waals surface area contributed by atoms with Crippen LogP contribution in [0, 0.1) is 0 Å². The molecule has 0 saturated heterocycles. The van der Waals surface area contributed by atoms with Crippen molar-refractivity contribution in [3.8, 4) is 0 Å². The standard InChI is InChI=1S/C31H26O/c1-2-22-17-19-24(20-18-22)28-21-29(23-11-5-3-6-12-23)30(27-16-10-9-15-26(27)28)31(32)25-13-7-4-8-14-25/h3-21,29-30H,2H2,1H3/t29-,30+/m0/s1. The average molecular weight is 415 g/mol. The van der Waals surface area contributed by atoms with Crippen molar-refractivity contribution in [2.24, 2.45) is 0 Å². The van der Waals surface area contributed by atoms with E-state index >= 15 is 0 Å². The molecule has 0 fully saturated rings. The molecule has 4 aromatic carbocycles. The molecule has 0 unspecified atom stereocenters. The zero-order valence-corrected chi connectivity index (χ0v) is 18.2. The molecule has 0 saturated carbocycles. The first-order valence-corrected chi connectivity index (χ1v) is 11.3. The average Bonchev–Trinajstić information content (AvgIpc) is 2.88. The Morgan fingerprint density at radius 3 is 2.03 bits per heavy atom. The molecular formula is C31H26O. The highest BCUT2D eigenvalue weighted by atomic mass is 16.1. The fraction of sp³-hybridized carbons (Fsp3) is 0.129. The second-order valence-electron chi connectivity index (χ2n) is 8.36. The van der Waals surface area contributed by atoms with Crippen molar-refractivity contribution < 1.29 is 4.79 Å². The largest absolute Gasteiger partial charge is 0.293 e. The third-order valence-electron chi connectivity index (χ3n) is 6.49. The fourth-order valence-corrected chi connectivity index (χ4v) is 4.79. The Bertz CT molecular complexity index is 1250. The first-order valence-electron chi connectivity index (χ1n) is 11.3. The number of rotatable bonds is 5. The molecule has 0 radical (unpaired) electrons. The van der Waals surface area contributed by atoms with E-state index in [9.17, 15) is 4.79 Å². The van der Waals surface area contributed by atoms with Crippen LogP contribution in [0.15, 0.2) is 115 Å². The van der Waals surface area contributed by atoms with Crippen LogP contribution >= 0.6 is 0 Å². The van der Waals surface area contributed by atoms with Crippen LogP contribution < -0.4 is 0 Å². The van der Waals surface area contributed by atoms with Gasteiger partial charge in [-0.1, -0.05) is 122 Å². The smallest absolute Gasteiger partial charge is 0.171 e. The lowest BCUT2D eigenvalue weighted by atomic mass is 9.69. The summed E-state index contributed by atoms with van der Waals surface area (Å²) >= 11 is 0. The number of fused-ring (bicyclic) bond motifs is 1. The summed E-state index contributed by atoms with van der Waals surface area (Å²) in [6.45, 7) is 2.18. The van der Waals surface area contributed by atoms with Crippen molar-refractivity contribution in [3.05, 3.63) is 149 Å². The van der Waals surface area contributed by atoms with Gasteiger partial charge in [0.05, 0.1) is 5.92 Å². The predicted molar refractivity (Wildman–Crippen MR) is 132 cm³/mol. The summed E-state index contributed by atoms with van der Waals surface area (Å²) in [5.41, 5.74) is 7.91. The number of hydrogen-bond acceptors (Lipinski definition) is 1. The Morgan fingerprint density at radius 1 is 0.719 bits per heavy atom. The lowest BCUT2D eigenvalue weighted by Crippen LogP contribution is -2.24. The van der Waals surface area contributed by atoms with Gasteiger partial charge >= 0.3 is 0 Å². The molecule has 1 aliphatic rings. The van der Waals surface area contributed by atoms with E-state index in [-0.39, 0.29) is 17.6 Å². The van der Waals surface area contributed by atoms with Gasteiger partial charge in [0.15, 0.2) is 5.78 Å². The highest BCUT2D eigenvalue weighted by molar-refractivity contribution is 6.04. The highest BCUT2D eigenvalue weighted by Crippen LogP contribution is 2.46. The first kappa shape index (κ1) is 20.2. The van der Waals surface area contributed by atoms with Crippen LogP contribution in [0.2, 0.25) is 0 Å². The number of benzene rings is 4. The Balaban J connectivity index is 1.70. The Kier molecular flexibility index (Phi) is 5.56. The molecule has 0 N–H and O–H groups in total. The van der Waals surface area contributed by atoms with Crippen molar-refractivity contribution in [1.29, 1.82) is 0 Å². The number of carbonyl (C=O) groups is 1. The fourth-order valence-electron chi connectivity index (χ4n) is 4.79.